The maximum Gasteiger partial charge on any atom is 0.400 e. The summed E-state index contributed by atoms with van der Waals surface area (Å²) in [5.74, 6) is 0. The molecule has 2 atom stereocenters. The van der Waals surface area contributed by atoms with Crippen molar-refractivity contribution in [1.29, 1.82) is 0 Å². The van der Waals surface area contributed by atoms with Crippen LogP contribution >= 0.6 is 0 Å². The highest BCUT2D eigenvalue weighted by Crippen LogP contribution is 2.04. The first-order chi connectivity index (χ1) is 6.01. The zero-order chi connectivity index (χ0) is 11.6. The SMILES string of the molecule is O=S(=O)(O)OC(O)C(O)OS(=O)(=O)O. The van der Waals surface area contributed by atoms with Gasteiger partial charge in [-0.3, -0.25) is 9.11 Å². The van der Waals surface area contributed by atoms with Crippen LogP contribution in [0.4, 0.5) is 0 Å². The third kappa shape index (κ3) is 7.10. The Bertz CT molecular complexity index is 325. The van der Waals surface area contributed by atoms with Crippen LogP contribution in [0.5, 0.6) is 0 Å². The molecule has 0 rings (SSSR count). The summed E-state index contributed by atoms with van der Waals surface area (Å²) in [6.07, 6.45) is -5.40. The lowest BCUT2D eigenvalue weighted by Crippen LogP contribution is -2.34. The molecule has 10 nitrogen and oxygen atoms in total. The molecular formula is C2H6O10S2. The molecular weight excluding hydrogens is 248 g/mol. The molecule has 0 saturated heterocycles. The Labute approximate surface area is 78.6 Å². The fraction of sp³-hybridized carbons (Fsp3) is 1.00. The van der Waals surface area contributed by atoms with Gasteiger partial charge in [0.25, 0.3) is 0 Å². The van der Waals surface area contributed by atoms with E-state index in [4.69, 9.17) is 19.3 Å². The highest BCUT2D eigenvalue weighted by atomic mass is 32.3. The molecule has 2 unspecified atom stereocenters. The Morgan fingerprint density at radius 1 is 0.786 bits per heavy atom. The smallest absolute Gasteiger partial charge is 0.363 e. The second kappa shape index (κ2) is 4.45. The number of aliphatic hydroxyl groups is 2. The van der Waals surface area contributed by atoms with Crippen molar-refractivity contribution >= 4 is 20.8 Å². The Morgan fingerprint density at radius 3 is 1.14 bits per heavy atom. The minimum Gasteiger partial charge on any atom is -0.363 e. The second-order valence-electron chi connectivity index (χ2n) is 1.83. The summed E-state index contributed by atoms with van der Waals surface area (Å²) in [7, 11) is -10.2. The summed E-state index contributed by atoms with van der Waals surface area (Å²) in [6, 6.07) is 0. The predicted molar refractivity (Wildman–Crippen MR) is 37.3 cm³/mol. The first-order valence-corrected chi connectivity index (χ1v) is 5.42. The van der Waals surface area contributed by atoms with Crippen LogP contribution in [0.25, 0.3) is 0 Å². The van der Waals surface area contributed by atoms with E-state index in [0.29, 0.717) is 0 Å². The molecule has 0 saturated carbocycles. The average molecular weight is 254 g/mol. The molecule has 0 aliphatic carbocycles. The van der Waals surface area contributed by atoms with Crippen LogP contribution in [-0.2, 0) is 29.2 Å². The monoisotopic (exact) mass is 254 g/mol. The first-order valence-electron chi connectivity index (χ1n) is 2.69. The fourth-order valence-electron chi connectivity index (χ4n) is 0.344. The summed E-state index contributed by atoms with van der Waals surface area (Å²) in [5.41, 5.74) is 0. The molecule has 0 radical (unpaired) electrons. The van der Waals surface area contributed by atoms with Crippen LogP contribution in [0.2, 0.25) is 0 Å². The van der Waals surface area contributed by atoms with E-state index in [0.717, 1.165) is 0 Å². The van der Waals surface area contributed by atoms with Gasteiger partial charge >= 0.3 is 20.8 Å². The Morgan fingerprint density at radius 2 is 1.00 bits per heavy atom. The number of rotatable bonds is 5. The molecule has 0 spiro atoms. The number of hydrogen-bond acceptors (Lipinski definition) is 8. The second-order valence-corrected chi connectivity index (χ2v) is 3.92. The number of hydrogen-bond donors (Lipinski definition) is 4. The first kappa shape index (κ1) is 13.7. The van der Waals surface area contributed by atoms with Crippen LogP contribution in [0.3, 0.4) is 0 Å². The molecule has 0 fully saturated rings. The van der Waals surface area contributed by atoms with Crippen LogP contribution in [0, 0.1) is 0 Å². The molecule has 14 heavy (non-hydrogen) atoms. The van der Waals surface area contributed by atoms with Gasteiger partial charge in [-0.2, -0.15) is 16.8 Å². The summed E-state index contributed by atoms with van der Waals surface area (Å²) >= 11 is 0. The van der Waals surface area contributed by atoms with Gasteiger partial charge in [-0.1, -0.05) is 0 Å². The van der Waals surface area contributed by atoms with E-state index in [9.17, 15) is 16.8 Å². The van der Waals surface area contributed by atoms with Crippen LogP contribution in [0.1, 0.15) is 0 Å². The molecule has 0 amide bonds. The van der Waals surface area contributed by atoms with Gasteiger partial charge in [0.15, 0.2) is 0 Å². The van der Waals surface area contributed by atoms with Crippen molar-refractivity contribution in [2.75, 3.05) is 0 Å². The Hall–Kier alpha value is -0.340. The van der Waals surface area contributed by atoms with Crippen LogP contribution in [-0.4, -0.2) is 48.7 Å². The predicted octanol–water partition coefficient (Wildman–Crippen LogP) is -2.74. The molecule has 0 heterocycles. The normalized spacial score (nSPS) is 17.7. The summed E-state index contributed by atoms with van der Waals surface area (Å²) < 4.78 is 62.1. The van der Waals surface area contributed by atoms with Crippen molar-refractivity contribution in [2.45, 2.75) is 12.6 Å². The van der Waals surface area contributed by atoms with Gasteiger partial charge in [0, 0.05) is 0 Å². The molecule has 0 aromatic carbocycles. The van der Waals surface area contributed by atoms with Crippen molar-refractivity contribution in [3.05, 3.63) is 0 Å². The van der Waals surface area contributed by atoms with Gasteiger partial charge in [-0.05, 0) is 0 Å². The topological polar surface area (TPSA) is 168 Å². The largest absolute Gasteiger partial charge is 0.400 e. The molecule has 0 aromatic rings. The van der Waals surface area contributed by atoms with E-state index in [1.165, 1.54) is 0 Å². The van der Waals surface area contributed by atoms with Crippen LogP contribution in [0.15, 0.2) is 0 Å². The van der Waals surface area contributed by atoms with Crippen molar-refractivity contribution < 1.29 is 44.5 Å². The van der Waals surface area contributed by atoms with Gasteiger partial charge in [-0.25, -0.2) is 8.37 Å². The van der Waals surface area contributed by atoms with E-state index < -0.39 is 33.4 Å². The molecule has 0 aliphatic rings. The van der Waals surface area contributed by atoms with E-state index in [2.05, 4.69) is 8.37 Å². The van der Waals surface area contributed by atoms with Gasteiger partial charge in [0.2, 0.25) is 12.6 Å². The van der Waals surface area contributed by atoms with Gasteiger partial charge in [0.1, 0.15) is 0 Å². The maximum atomic E-state index is 9.91. The molecule has 0 aliphatic heterocycles. The summed E-state index contributed by atoms with van der Waals surface area (Å²) in [4.78, 5) is 0. The summed E-state index contributed by atoms with van der Waals surface area (Å²) in [5, 5.41) is 17.0. The lowest BCUT2D eigenvalue weighted by atomic mass is 10.6. The quantitative estimate of drug-likeness (QED) is 0.298. The van der Waals surface area contributed by atoms with Gasteiger partial charge in [-0.15, -0.1) is 0 Å². The van der Waals surface area contributed by atoms with Crippen molar-refractivity contribution in [3.63, 3.8) is 0 Å². The highest BCUT2D eigenvalue weighted by Gasteiger charge is 2.27. The molecule has 12 heteroatoms. The highest BCUT2D eigenvalue weighted by molar-refractivity contribution is 7.81. The van der Waals surface area contributed by atoms with Gasteiger partial charge < -0.3 is 10.2 Å². The van der Waals surface area contributed by atoms with E-state index >= 15 is 0 Å². The zero-order valence-electron chi connectivity index (χ0n) is 6.21. The minimum atomic E-state index is -5.09. The molecule has 4 N–H and O–H groups in total. The third-order valence-corrected chi connectivity index (χ3v) is 1.57. The fourth-order valence-corrected chi connectivity index (χ4v) is 1.03. The van der Waals surface area contributed by atoms with Crippen molar-refractivity contribution in [1.82, 2.24) is 0 Å². The van der Waals surface area contributed by atoms with Gasteiger partial charge in [0.05, 0.1) is 0 Å². The summed E-state index contributed by atoms with van der Waals surface area (Å²) in [6.45, 7) is 0. The lowest BCUT2D eigenvalue weighted by Gasteiger charge is -2.13. The molecule has 0 aromatic heterocycles. The van der Waals surface area contributed by atoms with Crippen molar-refractivity contribution in [2.24, 2.45) is 0 Å². The van der Waals surface area contributed by atoms with E-state index in [1.54, 1.807) is 0 Å². The Kier molecular flexibility index (Phi) is 4.34. The standard InChI is InChI=1S/C2H6O10S2/c3-1(11-13(5,6)7)2(4)12-14(8,9)10/h1-4H,(H,5,6,7)(H,8,9,10). The average Bonchev–Trinajstić information content (AvgIpc) is 1.78. The zero-order valence-corrected chi connectivity index (χ0v) is 7.84. The number of aliphatic hydroxyl groups excluding tert-OH is 2. The van der Waals surface area contributed by atoms with Crippen LogP contribution < -0.4 is 0 Å². The lowest BCUT2D eigenvalue weighted by molar-refractivity contribution is -0.182. The Balaban J connectivity index is 4.35. The minimum absolute atomic E-state index is 2.70. The van der Waals surface area contributed by atoms with Crippen molar-refractivity contribution in [3.8, 4) is 0 Å². The molecule has 86 valence electrons. The maximum absolute atomic E-state index is 9.91. The van der Waals surface area contributed by atoms with E-state index in [1.807, 2.05) is 0 Å². The molecule has 0 bridgehead atoms. The third-order valence-electron chi connectivity index (χ3n) is 0.684. The van der Waals surface area contributed by atoms with E-state index in [-0.39, 0.29) is 0 Å².